The maximum Gasteiger partial charge on any atom is 0.294 e. The number of rotatable bonds is 5. The third-order valence-electron chi connectivity index (χ3n) is 3.20. The molecule has 3 N–H and O–H groups in total. The third kappa shape index (κ3) is 3.70. The van der Waals surface area contributed by atoms with Gasteiger partial charge in [0.05, 0.1) is 17.3 Å². The highest BCUT2D eigenvalue weighted by molar-refractivity contribution is 7.90. The topological polar surface area (TPSA) is 129 Å². The molecule has 9 heteroatoms. The molecule has 0 heterocycles. The van der Waals surface area contributed by atoms with Gasteiger partial charge < -0.3 is 10.2 Å². The van der Waals surface area contributed by atoms with Crippen LogP contribution < -0.4 is 0 Å². The maximum absolute atomic E-state index is 12.5. The third-order valence-corrected chi connectivity index (χ3v) is 5.87. The lowest BCUT2D eigenvalue weighted by atomic mass is 10.2. The Hall–Kier alpha value is -1.94. The Morgan fingerprint density at radius 1 is 0.870 bits per heavy atom. The average molecular weight is 358 g/mol. The van der Waals surface area contributed by atoms with E-state index in [1.54, 1.807) is 6.07 Å². The van der Waals surface area contributed by atoms with Gasteiger partial charge in [0.15, 0.2) is 9.84 Å². The van der Waals surface area contributed by atoms with Gasteiger partial charge in [-0.05, 0) is 23.8 Å². The molecule has 0 unspecified atom stereocenters. The van der Waals surface area contributed by atoms with E-state index in [2.05, 4.69) is 0 Å². The monoisotopic (exact) mass is 358 g/mol. The minimum absolute atomic E-state index is 0.149. The molecule has 0 aliphatic rings. The van der Waals surface area contributed by atoms with Crippen molar-refractivity contribution in [3.8, 4) is 5.75 Å². The van der Waals surface area contributed by atoms with Crippen LogP contribution in [0.4, 0.5) is 0 Å². The maximum atomic E-state index is 12.5. The first-order chi connectivity index (χ1) is 10.7. The second-order valence-corrected chi connectivity index (χ2v) is 8.10. The van der Waals surface area contributed by atoms with Crippen molar-refractivity contribution in [1.29, 1.82) is 0 Å². The lowest BCUT2D eigenvalue weighted by Gasteiger charge is -2.12. The summed E-state index contributed by atoms with van der Waals surface area (Å²) in [6.07, 6.45) is 0. The van der Waals surface area contributed by atoms with Crippen LogP contribution in [0.15, 0.2) is 52.3 Å². The van der Waals surface area contributed by atoms with Crippen LogP contribution in [0.5, 0.6) is 5.75 Å². The molecule has 2 aromatic carbocycles. The summed E-state index contributed by atoms with van der Waals surface area (Å²) in [6.45, 7) is -0.513. The highest BCUT2D eigenvalue weighted by Gasteiger charge is 2.26. The van der Waals surface area contributed by atoms with E-state index in [0.717, 1.165) is 12.1 Å². The van der Waals surface area contributed by atoms with E-state index in [4.69, 9.17) is 0 Å². The minimum Gasteiger partial charge on any atom is -0.508 e. The van der Waals surface area contributed by atoms with Crippen molar-refractivity contribution < 1.29 is 31.6 Å². The molecule has 0 amide bonds. The van der Waals surface area contributed by atoms with E-state index in [-0.39, 0.29) is 10.5 Å². The largest absolute Gasteiger partial charge is 0.508 e. The first kappa shape index (κ1) is 17.4. The van der Waals surface area contributed by atoms with Gasteiger partial charge in [0.25, 0.3) is 10.1 Å². The molecular weight excluding hydrogens is 344 g/mol. The van der Waals surface area contributed by atoms with Crippen molar-refractivity contribution in [3.63, 3.8) is 0 Å². The summed E-state index contributed by atoms with van der Waals surface area (Å²) in [7, 11) is -8.76. The van der Waals surface area contributed by atoms with Crippen LogP contribution >= 0.6 is 0 Å². The fourth-order valence-corrected chi connectivity index (χ4v) is 4.63. The average Bonchev–Trinajstić information content (AvgIpc) is 2.48. The number of hydrogen-bond acceptors (Lipinski definition) is 6. The highest BCUT2D eigenvalue weighted by Crippen LogP contribution is 2.30. The Labute approximate surface area is 133 Å². The summed E-state index contributed by atoms with van der Waals surface area (Å²) in [5.41, 5.74) is -0.279. The molecule has 0 aliphatic carbocycles. The molecule has 0 saturated heterocycles. The van der Waals surface area contributed by atoms with Crippen LogP contribution in [0.3, 0.4) is 0 Å². The molecule has 0 atom stereocenters. The number of phenolic OH excluding ortho intramolecular Hbond substituents is 1. The van der Waals surface area contributed by atoms with Crippen LogP contribution in [0.25, 0.3) is 0 Å². The van der Waals surface area contributed by atoms with E-state index in [1.165, 1.54) is 24.3 Å². The molecule has 0 bridgehead atoms. The molecule has 2 rings (SSSR count). The summed E-state index contributed by atoms with van der Waals surface area (Å²) in [4.78, 5) is -0.852. The van der Waals surface area contributed by atoms with Gasteiger partial charge in [-0.2, -0.15) is 8.42 Å². The van der Waals surface area contributed by atoms with Gasteiger partial charge in [0, 0.05) is 5.56 Å². The lowest BCUT2D eigenvalue weighted by molar-refractivity contribution is 0.278. The van der Waals surface area contributed by atoms with Crippen molar-refractivity contribution in [3.05, 3.63) is 53.6 Å². The first-order valence-electron chi connectivity index (χ1n) is 6.36. The predicted octanol–water partition coefficient (Wildman–Crippen LogP) is 1.11. The molecule has 7 nitrogen and oxygen atoms in total. The summed E-state index contributed by atoms with van der Waals surface area (Å²) in [5.74, 6) is -1.41. The SMILES string of the molecule is O=S(=O)(O)c1cccc(O)c1CS(=O)(=O)c1ccccc1CO. The predicted molar refractivity (Wildman–Crippen MR) is 81.2 cm³/mol. The molecule has 2 aromatic rings. The Morgan fingerprint density at radius 3 is 2.09 bits per heavy atom. The van der Waals surface area contributed by atoms with Crippen molar-refractivity contribution in [2.45, 2.75) is 22.2 Å². The standard InChI is InChI=1S/C14H14O7S2/c15-8-10-4-1-2-6-13(10)22(17,18)9-11-12(16)5-3-7-14(11)23(19,20)21/h1-7,15-16H,8-9H2,(H,19,20,21). The zero-order valence-corrected chi connectivity index (χ0v) is 13.4. The van der Waals surface area contributed by atoms with E-state index >= 15 is 0 Å². The van der Waals surface area contributed by atoms with Crippen molar-refractivity contribution in [1.82, 2.24) is 0 Å². The summed E-state index contributed by atoms with van der Waals surface area (Å²) < 4.78 is 56.9. The lowest BCUT2D eigenvalue weighted by Crippen LogP contribution is -2.12. The van der Waals surface area contributed by atoms with Gasteiger partial charge >= 0.3 is 0 Å². The van der Waals surface area contributed by atoms with E-state index in [9.17, 15) is 31.6 Å². The number of sulfone groups is 1. The summed E-state index contributed by atoms with van der Waals surface area (Å²) in [6, 6.07) is 9.00. The molecule has 0 aromatic heterocycles. The number of aliphatic hydroxyl groups is 1. The van der Waals surface area contributed by atoms with Crippen LogP contribution in [0.2, 0.25) is 0 Å². The minimum atomic E-state index is -4.70. The zero-order valence-electron chi connectivity index (χ0n) is 11.7. The molecular formula is C14H14O7S2. The van der Waals surface area contributed by atoms with E-state index < -0.39 is 48.5 Å². The Bertz CT molecular complexity index is 931. The summed E-state index contributed by atoms with van der Waals surface area (Å²) in [5, 5.41) is 19.0. The zero-order chi connectivity index (χ0) is 17.3. The molecule has 0 aliphatic heterocycles. The van der Waals surface area contributed by atoms with Crippen LogP contribution in [-0.4, -0.2) is 31.6 Å². The van der Waals surface area contributed by atoms with Gasteiger partial charge in [-0.1, -0.05) is 24.3 Å². The van der Waals surface area contributed by atoms with Crippen LogP contribution in [0, 0.1) is 0 Å². The number of aliphatic hydroxyl groups excluding tert-OH is 1. The van der Waals surface area contributed by atoms with Crippen molar-refractivity contribution in [2.24, 2.45) is 0 Å². The second-order valence-electron chi connectivity index (χ2n) is 4.75. The Morgan fingerprint density at radius 2 is 1.48 bits per heavy atom. The number of aromatic hydroxyl groups is 1. The van der Waals surface area contributed by atoms with Gasteiger partial charge in [0.2, 0.25) is 0 Å². The fourth-order valence-electron chi connectivity index (χ4n) is 2.15. The number of phenols is 1. The fraction of sp³-hybridized carbons (Fsp3) is 0.143. The second kappa shape index (κ2) is 6.28. The van der Waals surface area contributed by atoms with Gasteiger partial charge in [0.1, 0.15) is 10.6 Å². The smallest absolute Gasteiger partial charge is 0.294 e. The number of benzene rings is 2. The van der Waals surface area contributed by atoms with Gasteiger partial charge in [-0.25, -0.2) is 8.42 Å². The Kier molecular flexibility index (Phi) is 4.76. The van der Waals surface area contributed by atoms with Crippen molar-refractivity contribution >= 4 is 20.0 Å². The molecule has 0 saturated carbocycles. The molecule has 124 valence electrons. The van der Waals surface area contributed by atoms with E-state index in [0.29, 0.717) is 0 Å². The van der Waals surface area contributed by atoms with Gasteiger partial charge in [-0.3, -0.25) is 4.55 Å². The number of hydrogen-bond donors (Lipinski definition) is 3. The van der Waals surface area contributed by atoms with Crippen LogP contribution in [-0.2, 0) is 32.3 Å². The van der Waals surface area contributed by atoms with Crippen molar-refractivity contribution in [2.75, 3.05) is 0 Å². The van der Waals surface area contributed by atoms with E-state index in [1.807, 2.05) is 0 Å². The molecule has 0 spiro atoms. The summed E-state index contributed by atoms with van der Waals surface area (Å²) >= 11 is 0. The molecule has 23 heavy (non-hydrogen) atoms. The first-order valence-corrected chi connectivity index (χ1v) is 9.46. The molecule has 0 fully saturated rings. The molecule has 0 radical (unpaired) electrons. The normalized spacial score (nSPS) is 12.3. The van der Waals surface area contributed by atoms with Gasteiger partial charge in [-0.15, -0.1) is 0 Å². The quantitative estimate of drug-likeness (QED) is 0.683. The highest BCUT2D eigenvalue weighted by atomic mass is 32.2. The van der Waals surface area contributed by atoms with Crippen LogP contribution in [0.1, 0.15) is 11.1 Å². The Balaban J connectivity index is 2.59.